The molecule has 6 heteroatoms. The Morgan fingerprint density at radius 2 is 1.63 bits per heavy atom. The number of carbonyl (C=O) groups excluding carboxylic acids is 2. The first-order valence-electron chi connectivity index (χ1n) is 9.34. The van der Waals surface area contributed by atoms with Crippen molar-refractivity contribution in [3.8, 4) is 0 Å². The molecule has 146 valence electrons. The Labute approximate surface area is 160 Å². The third kappa shape index (κ3) is 4.57. The molecule has 0 aromatic heterocycles. The van der Waals surface area contributed by atoms with E-state index in [0.717, 1.165) is 49.4 Å². The number of carbonyl (C=O) groups is 2. The number of hydrogen-bond donors (Lipinski definition) is 0. The molecule has 0 spiro atoms. The number of likely N-dealkylation sites (N-methyl/N-ethyl adjacent to an activating group) is 1. The summed E-state index contributed by atoms with van der Waals surface area (Å²) in [6, 6.07) is 4.16. The van der Waals surface area contributed by atoms with Gasteiger partial charge in [0, 0.05) is 46.6 Å². The third-order valence-electron chi connectivity index (χ3n) is 5.11. The van der Waals surface area contributed by atoms with Crippen molar-refractivity contribution in [1.29, 1.82) is 0 Å². The molecule has 0 saturated carbocycles. The molecule has 0 unspecified atom stereocenters. The molecule has 2 aliphatic rings. The Balaban J connectivity index is 1.87. The molecule has 1 aromatic rings. The molecule has 0 atom stereocenters. The second kappa shape index (κ2) is 7.44. The highest BCUT2D eigenvalue weighted by Crippen LogP contribution is 2.27. The minimum absolute atomic E-state index is 0.0615. The molecule has 6 nitrogen and oxygen atoms in total. The maximum atomic E-state index is 12.2. The lowest BCUT2D eigenvalue weighted by molar-refractivity contribution is -0.222. The molecule has 0 N–H and O–H groups in total. The van der Waals surface area contributed by atoms with E-state index in [1.54, 1.807) is 19.9 Å². The number of aryl methyl sites for hydroxylation is 1. The maximum Gasteiger partial charge on any atom is 0.348 e. The van der Waals surface area contributed by atoms with Crippen LogP contribution in [0, 0.1) is 13.8 Å². The van der Waals surface area contributed by atoms with Crippen molar-refractivity contribution in [3.63, 3.8) is 0 Å². The van der Waals surface area contributed by atoms with Crippen molar-refractivity contribution in [2.75, 3.05) is 33.2 Å². The average Bonchev–Trinajstić information content (AvgIpc) is 2.56. The van der Waals surface area contributed by atoms with Gasteiger partial charge in [0.15, 0.2) is 0 Å². The molecule has 0 amide bonds. The van der Waals surface area contributed by atoms with Gasteiger partial charge in [-0.25, -0.2) is 9.59 Å². The van der Waals surface area contributed by atoms with E-state index < -0.39 is 17.7 Å². The summed E-state index contributed by atoms with van der Waals surface area (Å²) in [5.74, 6) is -2.50. The van der Waals surface area contributed by atoms with Crippen LogP contribution in [0.3, 0.4) is 0 Å². The summed E-state index contributed by atoms with van der Waals surface area (Å²) in [7, 11) is 2.14. The summed E-state index contributed by atoms with van der Waals surface area (Å²) < 4.78 is 10.4. The van der Waals surface area contributed by atoms with Gasteiger partial charge in [-0.2, -0.15) is 0 Å². The van der Waals surface area contributed by atoms with Crippen LogP contribution in [-0.4, -0.2) is 60.8 Å². The van der Waals surface area contributed by atoms with Gasteiger partial charge in [-0.1, -0.05) is 17.7 Å². The van der Waals surface area contributed by atoms with Gasteiger partial charge in [0.1, 0.15) is 5.57 Å². The SMILES string of the molecule is Cc1cc(C=C2C(=O)OC(C)(C)OC2=O)c(C)c(CN2CCN(C)CC2)c1. The Hall–Kier alpha value is -2.18. The number of nitrogens with zero attached hydrogens (tertiary/aromatic N) is 2. The molecular formula is C21H28N2O4. The molecule has 2 fully saturated rings. The zero-order valence-electron chi connectivity index (χ0n) is 16.8. The van der Waals surface area contributed by atoms with Crippen LogP contribution in [0.4, 0.5) is 0 Å². The lowest BCUT2D eigenvalue weighted by Gasteiger charge is -2.33. The number of rotatable bonds is 3. The van der Waals surface area contributed by atoms with E-state index in [1.807, 2.05) is 19.9 Å². The van der Waals surface area contributed by atoms with Gasteiger partial charge in [-0.3, -0.25) is 4.90 Å². The van der Waals surface area contributed by atoms with Crippen LogP contribution < -0.4 is 0 Å². The highest BCUT2D eigenvalue weighted by Gasteiger charge is 2.38. The van der Waals surface area contributed by atoms with Crippen LogP contribution in [-0.2, 0) is 25.6 Å². The Kier molecular flexibility index (Phi) is 5.40. The zero-order chi connectivity index (χ0) is 19.8. The van der Waals surface area contributed by atoms with Crippen molar-refractivity contribution in [1.82, 2.24) is 9.80 Å². The van der Waals surface area contributed by atoms with Crippen LogP contribution in [0.25, 0.3) is 6.08 Å². The first kappa shape index (κ1) is 19.6. The molecule has 27 heavy (non-hydrogen) atoms. The van der Waals surface area contributed by atoms with Crippen LogP contribution in [0.5, 0.6) is 0 Å². The fourth-order valence-electron chi connectivity index (χ4n) is 3.46. The van der Waals surface area contributed by atoms with Crippen molar-refractivity contribution in [3.05, 3.63) is 40.0 Å². The maximum absolute atomic E-state index is 12.2. The molecular weight excluding hydrogens is 344 g/mol. The van der Waals surface area contributed by atoms with Crippen molar-refractivity contribution in [2.45, 2.75) is 40.0 Å². The second-order valence-electron chi connectivity index (χ2n) is 7.95. The highest BCUT2D eigenvalue weighted by molar-refractivity contribution is 6.19. The van der Waals surface area contributed by atoms with E-state index in [-0.39, 0.29) is 5.57 Å². The molecule has 1 aromatic carbocycles. The van der Waals surface area contributed by atoms with Gasteiger partial charge >= 0.3 is 11.9 Å². The standard InChI is InChI=1S/C21H28N2O4/c1-14-10-16(12-18-19(24)26-21(3,4)27-20(18)25)15(2)17(11-14)13-23-8-6-22(5)7-9-23/h10-12H,6-9,13H2,1-5H3. The summed E-state index contributed by atoms with van der Waals surface area (Å²) >= 11 is 0. The smallest absolute Gasteiger partial charge is 0.348 e. The van der Waals surface area contributed by atoms with Gasteiger partial charge < -0.3 is 14.4 Å². The third-order valence-corrected chi connectivity index (χ3v) is 5.11. The van der Waals surface area contributed by atoms with Gasteiger partial charge in [0.05, 0.1) is 0 Å². The average molecular weight is 372 g/mol. The van der Waals surface area contributed by atoms with Gasteiger partial charge in [-0.15, -0.1) is 0 Å². The lowest BCUT2D eigenvalue weighted by Crippen LogP contribution is -2.44. The number of piperazine rings is 1. The first-order valence-corrected chi connectivity index (χ1v) is 9.34. The van der Waals surface area contributed by atoms with Crippen LogP contribution in [0.1, 0.15) is 36.1 Å². The summed E-state index contributed by atoms with van der Waals surface area (Å²) in [6.07, 6.45) is 1.59. The van der Waals surface area contributed by atoms with Crippen LogP contribution in [0.2, 0.25) is 0 Å². The summed E-state index contributed by atoms with van der Waals surface area (Å²) in [4.78, 5) is 29.3. The molecule has 0 radical (unpaired) electrons. The fourth-order valence-corrected chi connectivity index (χ4v) is 3.46. The Bertz CT molecular complexity index is 768. The minimum atomic E-state index is -1.22. The van der Waals surface area contributed by atoms with Crippen molar-refractivity contribution < 1.29 is 19.1 Å². The summed E-state index contributed by atoms with van der Waals surface area (Å²) in [5, 5.41) is 0. The van der Waals surface area contributed by atoms with E-state index in [2.05, 4.69) is 22.9 Å². The Morgan fingerprint density at radius 1 is 1.04 bits per heavy atom. The van der Waals surface area contributed by atoms with Gasteiger partial charge in [0.2, 0.25) is 0 Å². The van der Waals surface area contributed by atoms with E-state index in [1.165, 1.54) is 5.56 Å². The summed E-state index contributed by atoms with van der Waals surface area (Å²) in [6.45, 7) is 12.2. The highest BCUT2D eigenvalue weighted by atomic mass is 16.7. The molecule has 2 heterocycles. The van der Waals surface area contributed by atoms with E-state index in [9.17, 15) is 9.59 Å². The van der Waals surface area contributed by atoms with Crippen molar-refractivity contribution in [2.24, 2.45) is 0 Å². The molecule has 2 aliphatic heterocycles. The van der Waals surface area contributed by atoms with E-state index in [0.29, 0.717) is 0 Å². The summed E-state index contributed by atoms with van der Waals surface area (Å²) in [5.41, 5.74) is 4.16. The van der Waals surface area contributed by atoms with Crippen LogP contribution >= 0.6 is 0 Å². The number of esters is 2. The number of ether oxygens (including phenoxy) is 2. The monoisotopic (exact) mass is 372 g/mol. The van der Waals surface area contributed by atoms with Crippen molar-refractivity contribution >= 4 is 18.0 Å². The fraction of sp³-hybridized carbons (Fsp3) is 0.524. The quantitative estimate of drug-likeness (QED) is 0.461. The topological polar surface area (TPSA) is 59.1 Å². The van der Waals surface area contributed by atoms with Crippen LogP contribution in [0.15, 0.2) is 17.7 Å². The van der Waals surface area contributed by atoms with E-state index in [4.69, 9.17) is 9.47 Å². The number of cyclic esters (lactones) is 2. The molecule has 3 rings (SSSR count). The normalized spacial score (nSPS) is 21.0. The second-order valence-corrected chi connectivity index (χ2v) is 7.95. The molecule has 2 saturated heterocycles. The minimum Gasteiger partial charge on any atom is -0.419 e. The first-order chi connectivity index (χ1) is 12.6. The Morgan fingerprint density at radius 3 is 2.22 bits per heavy atom. The largest absolute Gasteiger partial charge is 0.419 e. The van der Waals surface area contributed by atoms with Gasteiger partial charge in [0.25, 0.3) is 5.79 Å². The zero-order valence-corrected chi connectivity index (χ0v) is 16.8. The lowest BCUT2D eigenvalue weighted by atomic mass is 9.96. The number of benzene rings is 1. The predicted molar refractivity (Wildman–Crippen MR) is 103 cm³/mol. The molecule has 0 bridgehead atoms. The molecule has 0 aliphatic carbocycles. The predicted octanol–water partition coefficient (Wildman–Crippen LogP) is 2.27. The number of hydrogen-bond acceptors (Lipinski definition) is 6. The van der Waals surface area contributed by atoms with Gasteiger partial charge in [-0.05, 0) is 43.7 Å². The van der Waals surface area contributed by atoms with E-state index >= 15 is 0 Å².